The number of anilines is 1. The van der Waals surface area contributed by atoms with Crippen molar-refractivity contribution in [3.05, 3.63) is 41.1 Å². The zero-order chi connectivity index (χ0) is 15.0. The minimum atomic E-state index is -4.47. The molecule has 3 nitrogen and oxygen atoms in total. The number of allylic oxidation sites excluding steroid dienone is 1. The zero-order valence-corrected chi connectivity index (χ0v) is 11.5. The van der Waals surface area contributed by atoms with E-state index in [0.29, 0.717) is 4.90 Å². The fourth-order valence-electron chi connectivity index (χ4n) is 3.17. The molecule has 21 heavy (non-hydrogen) atoms. The highest BCUT2D eigenvalue weighted by molar-refractivity contribution is 5.65. The first-order valence-electron chi connectivity index (χ1n) is 7.15. The van der Waals surface area contributed by atoms with Crippen LogP contribution < -0.4 is 9.96 Å². The molecule has 1 aromatic rings. The number of alkyl halides is 3. The summed E-state index contributed by atoms with van der Waals surface area (Å²) >= 11 is 0. The Labute approximate surface area is 121 Å². The van der Waals surface area contributed by atoms with Crippen LogP contribution in [0.15, 0.2) is 35.9 Å². The lowest BCUT2D eigenvalue weighted by Crippen LogP contribution is -3.09. The van der Waals surface area contributed by atoms with Gasteiger partial charge in [0.2, 0.25) is 0 Å². The smallest absolute Gasteiger partial charge is 0.485 e. The number of benzene rings is 1. The van der Waals surface area contributed by atoms with Crippen molar-refractivity contribution in [2.45, 2.75) is 38.0 Å². The van der Waals surface area contributed by atoms with Crippen LogP contribution in [0, 0.1) is 5.21 Å². The summed E-state index contributed by atoms with van der Waals surface area (Å²) < 4.78 is 39.8. The molecule has 2 aliphatic rings. The maximum atomic E-state index is 13.3. The molecule has 114 valence electrons. The van der Waals surface area contributed by atoms with E-state index in [1.54, 1.807) is 6.07 Å². The number of halogens is 3. The third-order valence-electron chi connectivity index (χ3n) is 4.22. The van der Waals surface area contributed by atoms with Gasteiger partial charge in [-0.05, 0) is 37.3 Å². The fourth-order valence-corrected chi connectivity index (χ4v) is 3.17. The Morgan fingerprint density at radius 1 is 1.19 bits per heavy atom. The van der Waals surface area contributed by atoms with Gasteiger partial charge in [0.1, 0.15) is 11.7 Å². The van der Waals surface area contributed by atoms with E-state index >= 15 is 0 Å². The van der Waals surface area contributed by atoms with Gasteiger partial charge in [-0.2, -0.15) is 13.2 Å². The Balaban J connectivity index is 2.01. The zero-order valence-electron chi connectivity index (χ0n) is 11.5. The van der Waals surface area contributed by atoms with Crippen molar-refractivity contribution in [2.24, 2.45) is 0 Å². The lowest BCUT2D eigenvalue weighted by atomic mass is 9.92. The Morgan fingerprint density at radius 2 is 1.95 bits per heavy atom. The number of rotatable bonds is 1. The highest BCUT2D eigenvalue weighted by Gasteiger charge is 2.45. The first-order valence-corrected chi connectivity index (χ1v) is 7.15. The Kier molecular flexibility index (Phi) is 3.67. The van der Waals surface area contributed by atoms with E-state index in [1.165, 1.54) is 18.2 Å². The molecule has 1 aromatic carbocycles. The maximum absolute atomic E-state index is 13.3. The molecular formula is C15H17F3N2O. The number of fused-ring (bicyclic) bond motifs is 1. The summed E-state index contributed by atoms with van der Waals surface area (Å²) in [6.07, 6.45) is 1.06. The normalized spacial score (nSPS) is 26.3. The van der Waals surface area contributed by atoms with E-state index in [0.717, 1.165) is 31.3 Å². The van der Waals surface area contributed by atoms with Crippen molar-refractivity contribution in [1.82, 2.24) is 0 Å². The fraction of sp³-hybridized carbons (Fsp3) is 0.467. The molecule has 0 spiro atoms. The molecule has 0 saturated carbocycles. The van der Waals surface area contributed by atoms with E-state index in [9.17, 15) is 18.4 Å². The average molecular weight is 298 g/mol. The van der Waals surface area contributed by atoms with Crippen molar-refractivity contribution < 1.29 is 18.2 Å². The second-order valence-corrected chi connectivity index (χ2v) is 5.54. The van der Waals surface area contributed by atoms with Gasteiger partial charge in [0.25, 0.3) is 0 Å². The summed E-state index contributed by atoms with van der Waals surface area (Å²) in [5.41, 5.74) is 1.02. The molecule has 0 aromatic heterocycles. The van der Waals surface area contributed by atoms with Crippen LogP contribution in [-0.2, 0) is 0 Å². The number of quaternary nitrogens is 1. The van der Waals surface area contributed by atoms with Gasteiger partial charge in [-0.3, -0.25) is 4.90 Å². The molecule has 1 heterocycles. The molecule has 0 saturated heterocycles. The van der Waals surface area contributed by atoms with Gasteiger partial charge in [0.15, 0.2) is 5.69 Å². The van der Waals surface area contributed by atoms with Gasteiger partial charge in [0, 0.05) is 6.07 Å². The monoisotopic (exact) mass is 298 g/mol. The molecular weight excluding hydrogens is 281 g/mol. The van der Waals surface area contributed by atoms with Gasteiger partial charge in [-0.25, -0.2) is 0 Å². The summed E-state index contributed by atoms with van der Waals surface area (Å²) in [7, 11) is 0. The predicted octanol–water partition coefficient (Wildman–Crippen LogP) is 2.91. The Hall–Kier alpha value is -1.53. The summed E-state index contributed by atoms with van der Waals surface area (Å²) in [5.74, 6) is 0. The second kappa shape index (κ2) is 5.35. The molecule has 0 bridgehead atoms. The van der Waals surface area contributed by atoms with Crippen LogP contribution in [0.25, 0.3) is 0 Å². The lowest BCUT2D eigenvalue weighted by molar-refractivity contribution is -0.800. The van der Waals surface area contributed by atoms with E-state index in [4.69, 9.17) is 0 Å². The minimum Gasteiger partial charge on any atom is -0.628 e. The number of hydroxylamine groups is 1. The summed E-state index contributed by atoms with van der Waals surface area (Å²) in [5, 5.41) is 12.4. The van der Waals surface area contributed by atoms with Crippen LogP contribution in [0.1, 0.15) is 25.7 Å². The molecule has 3 rings (SSSR count). The van der Waals surface area contributed by atoms with Crippen LogP contribution in [0.5, 0.6) is 0 Å². The number of nitrogens with zero attached hydrogens (tertiary/aromatic N) is 1. The molecule has 6 heteroatoms. The van der Waals surface area contributed by atoms with E-state index in [1.807, 2.05) is 6.08 Å². The summed E-state index contributed by atoms with van der Waals surface area (Å²) in [6, 6.07) is 5.34. The quantitative estimate of drug-likeness (QED) is 0.491. The third kappa shape index (κ3) is 2.65. The van der Waals surface area contributed by atoms with Gasteiger partial charge >= 0.3 is 6.30 Å². The molecule has 0 amide bonds. The summed E-state index contributed by atoms with van der Waals surface area (Å²) in [4.78, 5) is 0.407. The van der Waals surface area contributed by atoms with Crippen molar-refractivity contribution in [2.75, 3.05) is 11.4 Å². The van der Waals surface area contributed by atoms with Crippen LogP contribution in [0.4, 0.5) is 24.5 Å². The van der Waals surface area contributed by atoms with Gasteiger partial charge < -0.3 is 10.3 Å². The molecule has 1 N–H and O–H groups in total. The van der Waals surface area contributed by atoms with Gasteiger partial charge in [-0.15, -0.1) is 0 Å². The second-order valence-electron chi connectivity index (χ2n) is 5.54. The molecule has 1 aliphatic heterocycles. The van der Waals surface area contributed by atoms with E-state index < -0.39 is 12.3 Å². The first kappa shape index (κ1) is 14.4. The van der Waals surface area contributed by atoms with Crippen molar-refractivity contribution in [3.63, 3.8) is 0 Å². The van der Waals surface area contributed by atoms with Gasteiger partial charge in [-0.1, -0.05) is 18.2 Å². The van der Waals surface area contributed by atoms with Crippen LogP contribution in [0.3, 0.4) is 0 Å². The molecule has 1 aliphatic carbocycles. The molecule has 0 radical (unpaired) electrons. The van der Waals surface area contributed by atoms with Gasteiger partial charge in [0.05, 0.1) is 6.54 Å². The lowest BCUT2D eigenvalue weighted by Gasteiger charge is -2.43. The average Bonchev–Trinajstić information content (AvgIpc) is 2.47. The largest absolute Gasteiger partial charge is 0.628 e. The standard InChI is InChI=1S/C15H17F3N2O/c16-15(17,18)19-10-14(11-6-2-1-3-7-11)20(21)13-9-5-4-8-12(13)19/h4-6,8-9,14,20H,1-3,7,10H2. The highest BCUT2D eigenvalue weighted by atomic mass is 19.4. The van der Waals surface area contributed by atoms with Crippen molar-refractivity contribution in [1.29, 1.82) is 0 Å². The summed E-state index contributed by atoms with van der Waals surface area (Å²) in [6.45, 7) is -0.300. The van der Waals surface area contributed by atoms with Crippen LogP contribution >= 0.6 is 0 Å². The topological polar surface area (TPSA) is 30.7 Å². The highest BCUT2D eigenvalue weighted by Crippen LogP contribution is 2.36. The number of para-hydroxylation sites is 2. The Bertz CT molecular complexity index is 556. The molecule has 2 unspecified atom stereocenters. The first-order chi connectivity index (χ1) is 9.98. The predicted molar refractivity (Wildman–Crippen MR) is 74.2 cm³/mol. The van der Waals surface area contributed by atoms with Crippen LogP contribution in [0.2, 0.25) is 0 Å². The van der Waals surface area contributed by atoms with E-state index in [2.05, 4.69) is 0 Å². The number of hydrogen-bond donors (Lipinski definition) is 1. The van der Waals surface area contributed by atoms with Crippen molar-refractivity contribution >= 4 is 11.4 Å². The number of hydrogen-bond acceptors (Lipinski definition) is 2. The third-order valence-corrected chi connectivity index (χ3v) is 4.22. The van der Waals surface area contributed by atoms with Crippen LogP contribution in [-0.4, -0.2) is 18.9 Å². The molecule has 0 fully saturated rings. The SMILES string of the molecule is [O-][NH+]1c2ccccc2N(C(F)(F)F)CC1C1=CCCCC1. The maximum Gasteiger partial charge on any atom is 0.485 e. The number of nitrogens with one attached hydrogen (secondary N) is 1. The molecule has 2 atom stereocenters. The van der Waals surface area contributed by atoms with E-state index in [-0.39, 0.29) is 23.0 Å². The Morgan fingerprint density at radius 3 is 2.62 bits per heavy atom. The minimum absolute atomic E-state index is 0.0253. The van der Waals surface area contributed by atoms with Crippen molar-refractivity contribution in [3.8, 4) is 0 Å².